The number of aliphatic hydroxyl groups is 1. The van der Waals surface area contributed by atoms with Crippen LogP contribution in [-0.4, -0.2) is 40.3 Å². The second-order valence-electron chi connectivity index (χ2n) is 6.16. The minimum Gasteiger partial charge on any atom is -0.390 e. The van der Waals surface area contributed by atoms with E-state index < -0.39 is 5.60 Å². The molecule has 1 unspecified atom stereocenters. The van der Waals surface area contributed by atoms with Gasteiger partial charge in [0.2, 0.25) is 0 Å². The zero-order chi connectivity index (χ0) is 15.5. The predicted octanol–water partition coefficient (Wildman–Crippen LogP) is 2.52. The summed E-state index contributed by atoms with van der Waals surface area (Å²) in [5.41, 5.74) is 0.559. The van der Waals surface area contributed by atoms with Crippen molar-refractivity contribution in [1.29, 1.82) is 0 Å². The van der Waals surface area contributed by atoms with E-state index >= 15 is 0 Å². The maximum Gasteiger partial charge on any atom is 0.137 e. The van der Waals surface area contributed by atoms with Crippen LogP contribution in [0.1, 0.15) is 51.4 Å². The Morgan fingerprint density at radius 1 is 1.24 bits per heavy atom. The molecule has 1 aliphatic heterocycles. The van der Waals surface area contributed by atoms with Gasteiger partial charge >= 0.3 is 0 Å². The molecule has 1 aliphatic rings. The van der Waals surface area contributed by atoms with Crippen LogP contribution >= 0.6 is 0 Å². The van der Waals surface area contributed by atoms with Crippen molar-refractivity contribution in [2.45, 2.75) is 59.0 Å². The van der Waals surface area contributed by atoms with E-state index in [-0.39, 0.29) is 0 Å². The van der Waals surface area contributed by atoms with Gasteiger partial charge in [-0.25, -0.2) is 9.97 Å². The summed E-state index contributed by atoms with van der Waals surface area (Å²) >= 11 is 0. The number of aromatic nitrogens is 2. The SMILES string of the molecule is CCNc1nc(CC)nc(N2CCCC(C)(O)CC2)c1C. The molecule has 0 amide bonds. The molecule has 1 saturated heterocycles. The summed E-state index contributed by atoms with van der Waals surface area (Å²) in [4.78, 5) is 11.6. The minimum atomic E-state index is -0.548. The van der Waals surface area contributed by atoms with E-state index in [4.69, 9.17) is 4.98 Å². The molecule has 0 radical (unpaired) electrons. The Balaban J connectivity index is 2.31. The summed E-state index contributed by atoms with van der Waals surface area (Å²) in [6.07, 6.45) is 3.47. The molecule has 1 fully saturated rings. The van der Waals surface area contributed by atoms with Gasteiger partial charge < -0.3 is 15.3 Å². The summed E-state index contributed by atoms with van der Waals surface area (Å²) in [5.74, 6) is 2.84. The Kier molecular flexibility index (Phi) is 5.04. The molecule has 2 N–H and O–H groups in total. The van der Waals surface area contributed by atoms with Crippen LogP contribution in [0.15, 0.2) is 0 Å². The monoisotopic (exact) mass is 292 g/mol. The summed E-state index contributed by atoms with van der Waals surface area (Å²) in [7, 11) is 0. The Hall–Kier alpha value is -1.36. The van der Waals surface area contributed by atoms with Gasteiger partial charge in [-0.05, 0) is 40.0 Å². The highest BCUT2D eigenvalue weighted by Gasteiger charge is 2.26. The fourth-order valence-electron chi connectivity index (χ4n) is 2.83. The maximum atomic E-state index is 10.3. The molecule has 0 spiro atoms. The molecule has 1 aromatic heterocycles. The highest BCUT2D eigenvalue weighted by Crippen LogP contribution is 2.28. The van der Waals surface area contributed by atoms with Crippen LogP contribution in [0.5, 0.6) is 0 Å². The van der Waals surface area contributed by atoms with Crippen molar-refractivity contribution in [3.05, 3.63) is 11.4 Å². The van der Waals surface area contributed by atoms with Crippen molar-refractivity contribution in [2.24, 2.45) is 0 Å². The van der Waals surface area contributed by atoms with Crippen LogP contribution in [0.3, 0.4) is 0 Å². The van der Waals surface area contributed by atoms with Crippen LogP contribution in [0.2, 0.25) is 0 Å². The second kappa shape index (κ2) is 6.60. The molecule has 5 heteroatoms. The third kappa shape index (κ3) is 3.84. The first-order valence-corrected chi connectivity index (χ1v) is 8.05. The van der Waals surface area contributed by atoms with Crippen LogP contribution in [0.25, 0.3) is 0 Å². The summed E-state index contributed by atoms with van der Waals surface area (Å²) in [6, 6.07) is 0. The number of hydrogen-bond acceptors (Lipinski definition) is 5. The fourth-order valence-corrected chi connectivity index (χ4v) is 2.83. The highest BCUT2D eigenvalue weighted by molar-refractivity contribution is 5.58. The van der Waals surface area contributed by atoms with Gasteiger partial charge in [0.05, 0.1) is 5.60 Å². The van der Waals surface area contributed by atoms with Crippen LogP contribution in [0.4, 0.5) is 11.6 Å². The molecule has 0 aliphatic carbocycles. The number of nitrogens with one attached hydrogen (secondary N) is 1. The normalized spacial score (nSPS) is 23.0. The molecule has 21 heavy (non-hydrogen) atoms. The Bertz CT molecular complexity index is 487. The molecule has 1 aromatic rings. The smallest absolute Gasteiger partial charge is 0.137 e. The van der Waals surface area contributed by atoms with Crippen LogP contribution in [0, 0.1) is 6.92 Å². The summed E-state index contributed by atoms with van der Waals surface area (Å²) < 4.78 is 0. The van der Waals surface area contributed by atoms with Gasteiger partial charge in [-0.3, -0.25) is 0 Å². The number of anilines is 2. The van der Waals surface area contributed by atoms with Gasteiger partial charge in [0, 0.05) is 31.6 Å². The molecular weight excluding hydrogens is 264 g/mol. The second-order valence-corrected chi connectivity index (χ2v) is 6.16. The topological polar surface area (TPSA) is 61.3 Å². The first-order valence-electron chi connectivity index (χ1n) is 8.05. The Morgan fingerprint density at radius 3 is 2.67 bits per heavy atom. The number of nitrogens with zero attached hydrogens (tertiary/aromatic N) is 3. The molecule has 118 valence electrons. The van der Waals surface area contributed by atoms with Crippen molar-refractivity contribution in [3.8, 4) is 0 Å². The van der Waals surface area contributed by atoms with Gasteiger partial charge in [-0.2, -0.15) is 0 Å². The third-order valence-corrected chi connectivity index (χ3v) is 4.19. The summed E-state index contributed by atoms with van der Waals surface area (Å²) in [5, 5.41) is 13.6. The number of rotatable bonds is 4. The lowest BCUT2D eigenvalue weighted by Gasteiger charge is -2.26. The molecule has 1 atom stereocenters. The van der Waals surface area contributed by atoms with E-state index in [2.05, 4.69) is 36.0 Å². The Morgan fingerprint density at radius 2 is 2.00 bits per heavy atom. The molecule has 0 bridgehead atoms. The first kappa shape index (κ1) is 16.0. The zero-order valence-electron chi connectivity index (χ0n) is 13.7. The van der Waals surface area contributed by atoms with Crippen molar-refractivity contribution in [3.63, 3.8) is 0 Å². The van der Waals surface area contributed by atoms with E-state index in [1.54, 1.807) is 0 Å². The molecule has 0 aromatic carbocycles. The number of aryl methyl sites for hydroxylation is 1. The average molecular weight is 292 g/mol. The van der Waals surface area contributed by atoms with Gasteiger partial charge in [0.1, 0.15) is 17.5 Å². The van der Waals surface area contributed by atoms with E-state index in [1.807, 2.05) is 6.92 Å². The minimum absolute atomic E-state index is 0.548. The maximum absolute atomic E-state index is 10.3. The molecule has 2 heterocycles. The van der Waals surface area contributed by atoms with E-state index in [1.165, 1.54) is 0 Å². The van der Waals surface area contributed by atoms with E-state index in [0.717, 1.165) is 68.3 Å². The lowest BCUT2D eigenvalue weighted by atomic mass is 9.98. The van der Waals surface area contributed by atoms with E-state index in [0.29, 0.717) is 0 Å². The van der Waals surface area contributed by atoms with E-state index in [9.17, 15) is 5.11 Å². The quantitative estimate of drug-likeness (QED) is 0.893. The van der Waals surface area contributed by atoms with Crippen molar-refractivity contribution < 1.29 is 5.11 Å². The van der Waals surface area contributed by atoms with Crippen LogP contribution < -0.4 is 10.2 Å². The van der Waals surface area contributed by atoms with Gasteiger partial charge in [0.25, 0.3) is 0 Å². The van der Waals surface area contributed by atoms with Gasteiger partial charge in [-0.15, -0.1) is 0 Å². The fraction of sp³-hybridized carbons (Fsp3) is 0.750. The van der Waals surface area contributed by atoms with Crippen molar-refractivity contribution >= 4 is 11.6 Å². The average Bonchev–Trinajstić information content (AvgIpc) is 2.62. The van der Waals surface area contributed by atoms with Crippen LogP contribution in [-0.2, 0) is 6.42 Å². The number of hydrogen-bond donors (Lipinski definition) is 2. The third-order valence-electron chi connectivity index (χ3n) is 4.19. The highest BCUT2D eigenvalue weighted by atomic mass is 16.3. The standard InChI is InChI=1S/C16H28N4O/c1-5-13-18-14(17-6-2)12(3)15(19-13)20-10-7-8-16(4,21)9-11-20/h21H,5-11H2,1-4H3,(H,17,18,19). The molecule has 5 nitrogen and oxygen atoms in total. The first-order chi connectivity index (χ1) is 9.96. The van der Waals surface area contributed by atoms with Gasteiger partial charge in [-0.1, -0.05) is 6.92 Å². The van der Waals surface area contributed by atoms with Crippen molar-refractivity contribution in [2.75, 3.05) is 29.9 Å². The lowest BCUT2D eigenvalue weighted by Crippen LogP contribution is -2.30. The van der Waals surface area contributed by atoms with Gasteiger partial charge in [0.15, 0.2) is 0 Å². The largest absolute Gasteiger partial charge is 0.390 e. The summed E-state index contributed by atoms with van der Waals surface area (Å²) in [6.45, 7) is 10.8. The lowest BCUT2D eigenvalue weighted by molar-refractivity contribution is 0.0481. The molecule has 0 saturated carbocycles. The predicted molar refractivity (Wildman–Crippen MR) is 87.0 cm³/mol. The van der Waals surface area contributed by atoms with Crippen molar-refractivity contribution in [1.82, 2.24) is 9.97 Å². The molecule has 2 rings (SSSR count). The molecular formula is C16H28N4O. The Labute approximate surface area is 127 Å². The zero-order valence-corrected chi connectivity index (χ0v) is 13.7.